The van der Waals surface area contributed by atoms with Crippen LogP contribution in [0.5, 0.6) is 0 Å². The van der Waals surface area contributed by atoms with Gasteiger partial charge in [0.1, 0.15) is 6.04 Å². The van der Waals surface area contributed by atoms with Gasteiger partial charge >= 0.3 is 6.03 Å². The Morgan fingerprint density at radius 2 is 1.61 bits per heavy atom. The van der Waals surface area contributed by atoms with Gasteiger partial charge in [-0.2, -0.15) is 0 Å². The predicted octanol–water partition coefficient (Wildman–Crippen LogP) is 2.43. The highest BCUT2D eigenvalue weighted by Crippen LogP contribution is 2.19. The third kappa shape index (κ3) is 5.80. The Morgan fingerprint density at radius 1 is 0.964 bits per heavy atom. The van der Waals surface area contributed by atoms with E-state index in [4.69, 9.17) is 5.14 Å². The topological polar surface area (TPSA) is 130 Å². The first-order valence-corrected chi connectivity index (χ1v) is 10.2. The van der Waals surface area contributed by atoms with E-state index in [1.165, 1.54) is 6.07 Å². The van der Waals surface area contributed by atoms with Crippen LogP contribution in [0.1, 0.15) is 19.4 Å². The molecule has 0 aromatic heterocycles. The van der Waals surface area contributed by atoms with Gasteiger partial charge in [0, 0.05) is 11.4 Å². The fourth-order valence-corrected chi connectivity index (χ4v) is 3.38. The second-order valence-electron chi connectivity index (χ2n) is 6.70. The molecule has 9 heteroatoms. The van der Waals surface area contributed by atoms with E-state index in [-0.39, 0.29) is 16.5 Å². The predicted molar refractivity (Wildman–Crippen MR) is 108 cm³/mol. The highest BCUT2D eigenvalue weighted by molar-refractivity contribution is 7.89. The lowest BCUT2D eigenvalue weighted by Crippen LogP contribution is -2.48. The molecule has 1 unspecified atom stereocenters. The zero-order valence-corrected chi connectivity index (χ0v) is 16.7. The normalized spacial score (nSPS) is 12.3. The van der Waals surface area contributed by atoms with Crippen molar-refractivity contribution in [2.75, 3.05) is 10.6 Å². The number of para-hydroxylation sites is 1. The van der Waals surface area contributed by atoms with Crippen LogP contribution in [0.4, 0.5) is 16.2 Å². The number of aryl methyl sites for hydroxylation is 1. The van der Waals surface area contributed by atoms with E-state index in [9.17, 15) is 18.0 Å². The van der Waals surface area contributed by atoms with E-state index in [2.05, 4.69) is 16.0 Å². The summed E-state index contributed by atoms with van der Waals surface area (Å²) in [5.41, 5.74) is 1.34. The first kappa shape index (κ1) is 21.4. The largest absolute Gasteiger partial charge is 0.326 e. The van der Waals surface area contributed by atoms with E-state index in [1.807, 2.05) is 6.07 Å². The summed E-state index contributed by atoms with van der Waals surface area (Å²) in [6.07, 6.45) is 0. The number of urea groups is 1. The average Bonchev–Trinajstić information content (AvgIpc) is 2.61. The van der Waals surface area contributed by atoms with Crippen molar-refractivity contribution in [2.45, 2.75) is 31.7 Å². The number of primary sulfonamides is 1. The summed E-state index contributed by atoms with van der Waals surface area (Å²) in [5.74, 6) is -0.674. The van der Waals surface area contributed by atoms with Gasteiger partial charge in [0.25, 0.3) is 0 Å². The Kier molecular flexibility index (Phi) is 6.76. The maximum atomic E-state index is 12.7. The first-order chi connectivity index (χ1) is 13.1. The summed E-state index contributed by atoms with van der Waals surface area (Å²) in [5, 5.41) is 13.1. The van der Waals surface area contributed by atoms with Crippen molar-refractivity contribution in [1.29, 1.82) is 0 Å². The number of nitrogens with two attached hydrogens (primary N) is 1. The fraction of sp³-hybridized carbons (Fsp3) is 0.263. The lowest BCUT2D eigenvalue weighted by molar-refractivity contribution is -0.118. The molecule has 0 saturated carbocycles. The van der Waals surface area contributed by atoms with Gasteiger partial charge in [-0.1, -0.05) is 38.1 Å². The molecule has 150 valence electrons. The lowest BCUT2D eigenvalue weighted by Gasteiger charge is -2.22. The van der Waals surface area contributed by atoms with Gasteiger partial charge in [0.2, 0.25) is 15.9 Å². The van der Waals surface area contributed by atoms with Crippen molar-refractivity contribution >= 4 is 33.3 Å². The van der Waals surface area contributed by atoms with Crippen LogP contribution in [0.15, 0.2) is 53.4 Å². The Balaban J connectivity index is 2.12. The van der Waals surface area contributed by atoms with Crippen LogP contribution in [0, 0.1) is 12.8 Å². The van der Waals surface area contributed by atoms with E-state index in [1.54, 1.807) is 57.2 Å². The molecule has 2 aromatic carbocycles. The van der Waals surface area contributed by atoms with Crippen LogP contribution in [0.2, 0.25) is 0 Å². The molecule has 0 saturated heterocycles. The van der Waals surface area contributed by atoms with Gasteiger partial charge in [0.05, 0.1) is 4.90 Å². The zero-order chi connectivity index (χ0) is 20.9. The number of sulfonamides is 1. The number of nitrogens with one attached hydrogen (secondary N) is 3. The number of rotatable bonds is 6. The number of carbonyl (C=O) groups is 2. The summed E-state index contributed by atoms with van der Waals surface area (Å²) < 4.78 is 23.3. The Bertz CT molecular complexity index is 959. The molecule has 2 aromatic rings. The smallest absolute Gasteiger partial charge is 0.319 e. The summed E-state index contributed by atoms with van der Waals surface area (Å²) in [4.78, 5) is 24.8. The molecule has 0 bridgehead atoms. The number of hydrogen-bond acceptors (Lipinski definition) is 4. The first-order valence-electron chi connectivity index (χ1n) is 8.65. The molecule has 0 fully saturated rings. The van der Waals surface area contributed by atoms with E-state index in [0.717, 1.165) is 0 Å². The SMILES string of the molecule is Cc1ccc(NC(=O)C(NC(=O)Nc2ccccc2)C(C)C)cc1S(N)(=O)=O. The minimum atomic E-state index is -3.91. The number of benzene rings is 2. The van der Waals surface area contributed by atoms with Crippen molar-refractivity contribution in [2.24, 2.45) is 11.1 Å². The molecule has 3 amide bonds. The number of anilines is 2. The third-order valence-electron chi connectivity index (χ3n) is 4.03. The molecule has 28 heavy (non-hydrogen) atoms. The summed E-state index contributed by atoms with van der Waals surface area (Å²) in [7, 11) is -3.91. The van der Waals surface area contributed by atoms with Crippen molar-refractivity contribution < 1.29 is 18.0 Å². The molecule has 2 rings (SSSR count). The zero-order valence-electron chi connectivity index (χ0n) is 15.9. The van der Waals surface area contributed by atoms with Crippen molar-refractivity contribution in [3.05, 3.63) is 54.1 Å². The third-order valence-corrected chi connectivity index (χ3v) is 5.08. The quantitative estimate of drug-likeness (QED) is 0.589. The Hall–Kier alpha value is -2.91. The molecule has 0 aliphatic heterocycles. The van der Waals surface area contributed by atoms with E-state index in [0.29, 0.717) is 11.3 Å². The standard InChI is InChI=1S/C19H24N4O4S/c1-12(2)17(23-19(25)22-14-7-5-4-6-8-14)18(24)21-15-10-9-13(3)16(11-15)28(20,26)27/h4-12,17H,1-3H3,(H,21,24)(H2,20,26,27)(H2,22,23,25). The van der Waals surface area contributed by atoms with Crippen LogP contribution >= 0.6 is 0 Å². The summed E-state index contributed by atoms with van der Waals surface area (Å²) in [6, 6.07) is 11.9. The highest BCUT2D eigenvalue weighted by Gasteiger charge is 2.25. The van der Waals surface area contributed by atoms with E-state index < -0.39 is 28.0 Å². The number of carbonyl (C=O) groups excluding carboxylic acids is 2. The minimum absolute atomic E-state index is 0.0684. The van der Waals surface area contributed by atoms with Gasteiger partial charge in [-0.05, 0) is 42.7 Å². The Morgan fingerprint density at radius 3 is 2.18 bits per heavy atom. The van der Waals surface area contributed by atoms with Crippen molar-refractivity contribution in [3.8, 4) is 0 Å². The maximum absolute atomic E-state index is 12.7. The summed E-state index contributed by atoms with van der Waals surface area (Å²) in [6.45, 7) is 5.19. The molecule has 0 aliphatic carbocycles. The van der Waals surface area contributed by atoms with Crippen molar-refractivity contribution in [1.82, 2.24) is 5.32 Å². The number of hydrogen-bond donors (Lipinski definition) is 4. The molecular weight excluding hydrogens is 380 g/mol. The lowest BCUT2D eigenvalue weighted by atomic mass is 10.0. The second-order valence-corrected chi connectivity index (χ2v) is 8.23. The van der Waals surface area contributed by atoms with Gasteiger partial charge < -0.3 is 16.0 Å². The van der Waals surface area contributed by atoms with Crippen LogP contribution < -0.4 is 21.1 Å². The fourth-order valence-electron chi connectivity index (χ4n) is 2.57. The average molecular weight is 404 g/mol. The molecule has 8 nitrogen and oxygen atoms in total. The maximum Gasteiger partial charge on any atom is 0.319 e. The van der Waals surface area contributed by atoms with Crippen LogP contribution in [-0.4, -0.2) is 26.4 Å². The number of amides is 3. The van der Waals surface area contributed by atoms with Gasteiger partial charge in [-0.3, -0.25) is 4.79 Å². The van der Waals surface area contributed by atoms with Crippen LogP contribution in [-0.2, 0) is 14.8 Å². The van der Waals surface area contributed by atoms with Gasteiger partial charge in [0.15, 0.2) is 0 Å². The Labute approximate surface area is 164 Å². The molecule has 0 radical (unpaired) electrons. The van der Waals surface area contributed by atoms with Crippen LogP contribution in [0.3, 0.4) is 0 Å². The molecule has 0 spiro atoms. The summed E-state index contributed by atoms with van der Waals surface area (Å²) >= 11 is 0. The highest BCUT2D eigenvalue weighted by atomic mass is 32.2. The van der Waals surface area contributed by atoms with Crippen LogP contribution in [0.25, 0.3) is 0 Å². The minimum Gasteiger partial charge on any atom is -0.326 e. The molecule has 0 heterocycles. The second kappa shape index (κ2) is 8.85. The van der Waals surface area contributed by atoms with Gasteiger partial charge in [-0.25, -0.2) is 18.4 Å². The molecule has 0 aliphatic rings. The van der Waals surface area contributed by atoms with Crippen molar-refractivity contribution in [3.63, 3.8) is 0 Å². The monoisotopic (exact) mass is 404 g/mol. The van der Waals surface area contributed by atoms with Gasteiger partial charge in [-0.15, -0.1) is 0 Å². The molecule has 1 atom stereocenters. The molecular formula is C19H24N4O4S. The molecule has 5 N–H and O–H groups in total. The van der Waals surface area contributed by atoms with E-state index >= 15 is 0 Å².